The Morgan fingerprint density at radius 1 is 1.08 bits per heavy atom. The van der Waals surface area contributed by atoms with Crippen LogP contribution in [0.5, 0.6) is 0 Å². The van der Waals surface area contributed by atoms with Crippen molar-refractivity contribution in [3.05, 3.63) is 71.3 Å². The van der Waals surface area contributed by atoms with Gasteiger partial charge in [-0.3, -0.25) is 4.79 Å². The van der Waals surface area contributed by atoms with E-state index in [-0.39, 0.29) is 11.9 Å². The molecule has 1 heterocycles. The Morgan fingerprint density at radius 3 is 2.46 bits per heavy atom. The summed E-state index contributed by atoms with van der Waals surface area (Å²) in [6.07, 6.45) is 1.29. The van der Waals surface area contributed by atoms with Crippen LogP contribution in [0.3, 0.4) is 0 Å². The summed E-state index contributed by atoms with van der Waals surface area (Å²) in [5, 5.41) is 3.27. The maximum absolute atomic E-state index is 12.6. The average Bonchev–Trinajstić information content (AvgIpc) is 2.68. The van der Waals surface area contributed by atoms with Crippen LogP contribution in [0.4, 0.5) is 0 Å². The molecule has 1 aliphatic heterocycles. The van der Waals surface area contributed by atoms with Gasteiger partial charge in [-0.1, -0.05) is 60.2 Å². The third-order valence-electron chi connectivity index (χ3n) is 4.99. The summed E-state index contributed by atoms with van der Waals surface area (Å²) in [4.78, 5) is 14.1. The third kappa shape index (κ3) is 5.68. The molecule has 0 aliphatic carbocycles. The maximum Gasteiger partial charge on any atom is 0.221 e. The monoisotopic (exact) mass is 353 g/mol. The van der Waals surface area contributed by atoms with Crippen molar-refractivity contribution < 1.29 is 14.4 Å². The van der Waals surface area contributed by atoms with Crippen LogP contribution in [0, 0.1) is 6.92 Å². The summed E-state index contributed by atoms with van der Waals surface area (Å²) >= 11 is 0. The van der Waals surface area contributed by atoms with Crippen LogP contribution in [0.25, 0.3) is 0 Å². The van der Waals surface area contributed by atoms with Crippen molar-refractivity contribution in [1.29, 1.82) is 0 Å². The number of carbonyl (C=O) groups is 1. The van der Waals surface area contributed by atoms with Gasteiger partial charge >= 0.3 is 0 Å². The molecule has 1 atom stereocenters. The number of morpholine rings is 1. The standard InChI is InChI=1S/C22H28N2O2/c1-18-7-10-20(11-8-18)21(17-24-13-15-26-16-14-24)23-22(25)12-9-19-5-3-2-4-6-19/h2-8,10-11,21H,9,12-17H2,1H3,(H,23,25)/p+1/t21-/m0/s1. The molecule has 2 aromatic rings. The lowest BCUT2D eigenvalue weighted by molar-refractivity contribution is -0.909. The second kappa shape index (κ2) is 9.51. The molecular formula is C22H29N2O2+. The molecule has 0 aromatic heterocycles. The number of rotatable bonds is 7. The van der Waals surface area contributed by atoms with Gasteiger partial charge in [0.05, 0.1) is 13.2 Å². The van der Waals surface area contributed by atoms with E-state index in [1.807, 2.05) is 18.2 Å². The highest BCUT2D eigenvalue weighted by molar-refractivity contribution is 5.76. The third-order valence-corrected chi connectivity index (χ3v) is 4.99. The molecular weight excluding hydrogens is 324 g/mol. The molecule has 0 radical (unpaired) electrons. The van der Waals surface area contributed by atoms with Crippen molar-refractivity contribution in [2.45, 2.75) is 25.8 Å². The fraction of sp³-hybridized carbons (Fsp3) is 0.409. The zero-order valence-electron chi connectivity index (χ0n) is 15.5. The van der Waals surface area contributed by atoms with Crippen LogP contribution in [0.2, 0.25) is 0 Å². The summed E-state index contributed by atoms with van der Waals surface area (Å²) in [7, 11) is 0. The Balaban J connectivity index is 1.62. The summed E-state index contributed by atoms with van der Waals surface area (Å²) < 4.78 is 5.46. The van der Waals surface area contributed by atoms with Gasteiger partial charge in [-0.05, 0) is 24.5 Å². The van der Waals surface area contributed by atoms with E-state index in [4.69, 9.17) is 4.74 Å². The number of nitrogens with one attached hydrogen (secondary N) is 2. The molecule has 4 heteroatoms. The van der Waals surface area contributed by atoms with Crippen molar-refractivity contribution in [3.8, 4) is 0 Å². The molecule has 2 aromatic carbocycles. The smallest absolute Gasteiger partial charge is 0.221 e. The lowest BCUT2D eigenvalue weighted by Crippen LogP contribution is -3.14. The molecule has 1 aliphatic rings. The molecule has 1 amide bonds. The molecule has 138 valence electrons. The van der Waals surface area contributed by atoms with E-state index in [0.29, 0.717) is 6.42 Å². The van der Waals surface area contributed by atoms with Gasteiger partial charge < -0.3 is 15.0 Å². The summed E-state index contributed by atoms with van der Waals surface area (Å²) in [6, 6.07) is 18.7. The van der Waals surface area contributed by atoms with Crippen LogP contribution in [0.1, 0.15) is 29.2 Å². The van der Waals surface area contributed by atoms with Crippen LogP contribution < -0.4 is 10.2 Å². The summed E-state index contributed by atoms with van der Waals surface area (Å²) in [5.74, 6) is 0.118. The van der Waals surface area contributed by atoms with Gasteiger partial charge in [-0.2, -0.15) is 0 Å². The highest BCUT2D eigenvalue weighted by Gasteiger charge is 2.22. The second-order valence-electron chi connectivity index (χ2n) is 7.08. The number of hydrogen-bond acceptors (Lipinski definition) is 2. The number of ether oxygens (including phenoxy) is 1. The average molecular weight is 353 g/mol. The predicted molar refractivity (Wildman–Crippen MR) is 103 cm³/mol. The number of quaternary nitrogens is 1. The Morgan fingerprint density at radius 2 is 1.77 bits per heavy atom. The van der Waals surface area contributed by atoms with E-state index in [1.165, 1.54) is 21.6 Å². The van der Waals surface area contributed by atoms with E-state index in [9.17, 15) is 4.79 Å². The zero-order chi connectivity index (χ0) is 18.2. The number of hydrogen-bond donors (Lipinski definition) is 2. The van der Waals surface area contributed by atoms with Gasteiger partial charge in [0.1, 0.15) is 25.7 Å². The van der Waals surface area contributed by atoms with Crippen LogP contribution >= 0.6 is 0 Å². The van der Waals surface area contributed by atoms with Gasteiger partial charge in [0, 0.05) is 6.42 Å². The Hall–Kier alpha value is -2.17. The second-order valence-corrected chi connectivity index (χ2v) is 7.08. The minimum atomic E-state index is 0.0481. The summed E-state index contributed by atoms with van der Waals surface area (Å²) in [5.41, 5.74) is 3.62. The van der Waals surface area contributed by atoms with E-state index in [2.05, 4.69) is 48.6 Å². The molecule has 0 saturated carbocycles. The van der Waals surface area contributed by atoms with Gasteiger partial charge in [0.15, 0.2) is 0 Å². The predicted octanol–water partition coefficient (Wildman–Crippen LogP) is 1.70. The first-order valence-corrected chi connectivity index (χ1v) is 9.52. The molecule has 0 unspecified atom stereocenters. The van der Waals surface area contributed by atoms with E-state index < -0.39 is 0 Å². The molecule has 1 fully saturated rings. The summed E-state index contributed by atoms with van der Waals surface area (Å²) in [6.45, 7) is 6.61. The number of benzene rings is 2. The Labute approximate surface area is 156 Å². The quantitative estimate of drug-likeness (QED) is 0.796. The fourth-order valence-electron chi connectivity index (χ4n) is 3.37. The SMILES string of the molecule is Cc1ccc([C@H](C[NH+]2CCOCC2)NC(=O)CCc2ccccc2)cc1. The molecule has 26 heavy (non-hydrogen) atoms. The maximum atomic E-state index is 12.6. The van der Waals surface area contributed by atoms with Crippen LogP contribution in [-0.2, 0) is 16.0 Å². The normalized spacial score (nSPS) is 16.2. The van der Waals surface area contributed by atoms with E-state index in [0.717, 1.165) is 39.3 Å². The zero-order valence-corrected chi connectivity index (χ0v) is 15.5. The highest BCUT2D eigenvalue weighted by atomic mass is 16.5. The van der Waals surface area contributed by atoms with Gasteiger partial charge in [-0.25, -0.2) is 0 Å². The van der Waals surface area contributed by atoms with Crippen LogP contribution in [-0.4, -0.2) is 38.8 Å². The number of amides is 1. The Kier molecular flexibility index (Phi) is 6.81. The first kappa shape index (κ1) is 18.6. The van der Waals surface area contributed by atoms with Gasteiger partial charge in [0.25, 0.3) is 0 Å². The number of aryl methyl sites for hydroxylation is 2. The van der Waals surface area contributed by atoms with E-state index in [1.54, 1.807) is 0 Å². The van der Waals surface area contributed by atoms with Crippen molar-refractivity contribution in [2.24, 2.45) is 0 Å². The molecule has 1 saturated heterocycles. The minimum absolute atomic E-state index is 0.0481. The lowest BCUT2D eigenvalue weighted by atomic mass is 10.0. The molecule has 0 bridgehead atoms. The van der Waals surface area contributed by atoms with Crippen molar-refractivity contribution in [1.82, 2.24) is 5.32 Å². The highest BCUT2D eigenvalue weighted by Crippen LogP contribution is 2.13. The fourth-order valence-corrected chi connectivity index (χ4v) is 3.37. The minimum Gasteiger partial charge on any atom is -0.370 e. The van der Waals surface area contributed by atoms with Gasteiger partial charge in [0.2, 0.25) is 5.91 Å². The van der Waals surface area contributed by atoms with Crippen LogP contribution in [0.15, 0.2) is 54.6 Å². The first-order valence-electron chi connectivity index (χ1n) is 9.52. The van der Waals surface area contributed by atoms with Crippen molar-refractivity contribution in [2.75, 3.05) is 32.8 Å². The molecule has 0 spiro atoms. The molecule has 2 N–H and O–H groups in total. The first-order chi connectivity index (χ1) is 12.7. The van der Waals surface area contributed by atoms with Crippen molar-refractivity contribution >= 4 is 5.91 Å². The molecule has 3 rings (SSSR count). The van der Waals surface area contributed by atoms with Crippen molar-refractivity contribution in [3.63, 3.8) is 0 Å². The molecule has 4 nitrogen and oxygen atoms in total. The number of carbonyl (C=O) groups excluding carboxylic acids is 1. The largest absolute Gasteiger partial charge is 0.370 e. The van der Waals surface area contributed by atoms with Gasteiger partial charge in [-0.15, -0.1) is 0 Å². The topological polar surface area (TPSA) is 42.8 Å². The lowest BCUT2D eigenvalue weighted by Gasteiger charge is -2.28. The Bertz CT molecular complexity index is 679. The van der Waals surface area contributed by atoms with E-state index >= 15 is 0 Å².